The quantitative estimate of drug-likeness (QED) is 0.842. The zero-order valence-electron chi connectivity index (χ0n) is 10.0. The lowest BCUT2D eigenvalue weighted by molar-refractivity contribution is 0.115. The van der Waals surface area contributed by atoms with Crippen molar-refractivity contribution in [3.8, 4) is 0 Å². The van der Waals surface area contributed by atoms with Crippen molar-refractivity contribution in [2.45, 2.75) is 19.4 Å². The second-order valence-electron chi connectivity index (χ2n) is 4.80. The zero-order valence-corrected chi connectivity index (χ0v) is 10.0. The molecular weight excluding hydrogens is 243 g/mol. The van der Waals surface area contributed by atoms with Gasteiger partial charge in [0.1, 0.15) is 0 Å². The lowest BCUT2D eigenvalue weighted by Gasteiger charge is -2.31. The SMILES string of the molecule is OCC1CCCN(Cc2cc(F)c(F)c(F)c2)C1. The van der Waals surface area contributed by atoms with E-state index in [1.807, 2.05) is 4.90 Å². The molecule has 18 heavy (non-hydrogen) atoms. The van der Waals surface area contributed by atoms with E-state index in [1.165, 1.54) is 0 Å². The number of aliphatic hydroxyl groups is 1. The Kier molecular flexibility index (Phi) is 4.24. The Morgan fingerprint density at radius 2 is 1.89 bits per heavy atom. The van der Waals surface area contributed by atoms with E-state index in [1.54, 1.807) is 0 Å². The van der Waals surface area contributed by atoms with Gasteiger partial charge in [-0.25, -0.2) is 13.2 Å². The van der Waals surface area contributed by atoms with Crippen LogP contribution < -0.4 is 0 Å². The Morgan fingerprint density at radius 3 is 2.50 bits per heavy atom. The molecule has 5 heteroatoms. The third-order valence-corrected chi connectivity index (χ3v) is 3.31. The number of likely N-dealkylation sites (tertiary alicyclic amines) is 1. The normalized spacial score (nSPS) is 21.2. The highest BCUT2D eigenvalue weighted by Crippen LogP contribution is 2.20. The minimum atomic E-state index is -1.43. The molecule has 1 atom stereocenters. The van der Waals surface area contributed by atoms with Crippen molar-refractivity contribution in [2.75, 3.05) is 19.7 Å². The highest BCUT2D eigenvalue weighted by molar-refractivity contribution is 5.19. The van der Waals surface area contributed by atoms with Gasteiger partial charge in [0.15, 0.2) is 17.5 Å². The fraction of sp³-hybridized carbons (Fsp3) is 0.538. The molecule has 1 aromatic carbocycles. The Labute approximate surface area is 104 Å². The van der Waals surface area contributed by atoms with Crippen LogP contribution in [-0.4, -0.2) is 29.7 Å². The van der Waals surface area contributed by atoms with Gasteiger partial charge in [0.2, 0.25) is 0 Å². The van der Waals surface area contributed by atoms with Gasteiger partial charge in [-0.3, -0.25) is 4.90 Å². The van der Waals surface area contributed by atoms with Crippen molar-refractivity contribution in [2.24, 2.45) is 5.92 Å². The smallest absolute Gasteiger partial charge is 0.194 e. The van der Waals surface area contributed by atoms with Crippen molar-refractivity contribution in [1.82, 2.24) is 4.90 Å². The predicted molar refractivity (Wildman–Crippen MR) is 61.4 cm³/mol. The maximum atomic E-state index is 13.1. The summed E-state index contributed by atoms with van der Waals surface area (Å²) in [5.41, 5.74) is 0.421. The van der Waals surface area contributed by atoms with Crippen molar-refractivity contribution >= 4 is 0 Å². The van der Waals surface area contributed by atoms with Crippen LogP contribution in [0, 0.1) is 23.4 Å². The molecule has 1 aromatic rings. The molecule has 1 N–H and O–H groups in total. The molecular formula is C13H16F3NO. The van der Waals surface area contributed by atoms with Crippen LogP contribution in [-0.2, 0) is 6.54 Å². The zero-order chi connectivity index (χ0) is 13.1. The van der Waals surface area contributed by atoms with Crippen molar-refractivity contribution in [1.29, 1.82) is 0 Å². The Bertz CT molecular complexity index is 402. The van der Waals surface area contributed by atoms with Gasteiger partial charge in [0, 0.05) is 19.7 Å². The minimum absolute atomic E-state index is 0.128. The number of halogens is 3. The number of piperidine rings is 1. The van der Waals surface area contributed by atoms with Crippen LogP contribution in [0.2, 0.25) is 0 Å². The molecule has 1 heterocycles. The summed E-state index contributed by atoms with van der Waals surface area (Å²) in [6.45, 7) is 2.04. The van der Waals surface area contributed by atoms with Crippen LogP contribution >= 0.6 is 0 Å². The summed E-state index contributed by atoms with van der Waals surface area (Å²) >= 11 is 0. The van der Waals surface area contributed by atoms with Gasteiger partial charge >= 0.3 is 0 Å². The molecule has 0 saturated carbocycles. The highest BCUT2D eigenvalue weighted by Gasteiger charge is 2.20. The monoisotopic (exact) mass is 259 g/mol. The third kappa shape index (κ3) is 3.03. The predicted octanol–water partition coefficient (Wildman–Crippen LogP) is 2.31. The molecule has 1 aliphatic rings. The molecule has 1 unspecified atom stereocenters. The highest BCUT2D eigenvalue weighted by atomic mass is 19.2. The molecule has 1 aliphatic heterocycles. The molecule has 0 bridgehead atoms. The Morgan fingerprint density at radius 1 is 1.22 bits per heavy atom. The van der Waals surface area contributed by atoms with Gasteiger partial charge in [0.05, 0.1) is 0 Å². The van der Waals surface area contributed by atoms with E-state index in [0.717, 1.165) is 31.5 Å². The number of aliphatic hydroxyl groups excluding tert-OH is 1. The third-order valence-electron chi connectivity index (χ3n) is 3.31. The molecule has 0 aromatic heterocycles. The number of rotatable bonds is 3. The Hall–Kier alpha value is -1.07. The second kappa shape index (κ2) is 5.71. The number of benzene rings is 1. The van der Waals surface area contributed by atoms with Crippen LogP contribution in [0.1, 0.15) is 18.4 Å². The van der Waals surface area contributed by atoms with Gasteiger partial charge in [-0.05, 0) is 43.0 Å². The maximum absolute atomic E-state index is 13.1. The number of hydrogen-bond acceptors (Lipinski definition) is 2. The fourth-order valence-electron chi connectivity index (χ4n) is 2.40. The van der Waals surface area contributed by atoms with Gasteiger partial charge in [-0.2, -0.15) is 0 Å². The average Bonchev–Trinajstić information content (AvgIpc) is 2.36. The Balaban J connectivity index is 2.05. The minimum Gasteiger partial charge on any atom is -0.396 e. The summed E-state index contributed by atoms with van der Waals surface area (Å²) in [5, 5.41) is 9.10. The van der Waals surface area contributed by atoms with Crippen LogP contribution in [0.4, 0.5) is 13.2 Å². The first kappa shape index (κ1) is 13.4. The molecule has 1 saturated heterocycles. The topological polar surface area (TPSA) is 23.5 Å². The molecule has 100 valence electrons. The van der Waals surface area contributed by atoms with E-state index < -0.39 is 17.5 Å². The number of hydrogen-bond donors (Lipinski definition) is 1. The first-order valence-corrected chi connectivity index (χ1v) is 6.06. The van der Waals surface area contributed by atoms with Crippen molar-refractivity contribution < 1.29 is 18.3 Å². The first-order chi connectivity index (χ1) is 8.60. The van der Waals surface area contributed by atoms with E-state index in [9.17, 15) is 13.2 Å². The van der Waals surface area contributed by atoms with E-state index in [2.05, 4.69) is 0 Å². The average molecular weight is 259 g/mol. The molecule has 0 aliphatic carbocycles. The van der Waals surface area contributed by atoms with E-state index in [0.29, 0.717) is 18.7 Å². The second-order valence-corrected chi connectivity index (χ2v) is 4.80. The molecule has 1 fully saturated rings. The molecule has 2 nitrogen and oxygen atoms in total. The molecule has 0 radical (unpaired) electrons. The van der Waals surface area contributed by atoms with Gasteiger partial charge < -0.3 is 5.11 Å². The van der Waals surface area contributed by atoms with Crippen molar-refractivity contribution in [3.63, 3.8) is 0 Å². The fourth-order valence-corrected chi connectivity index (χ4v) is 2.40. The lowest BCUT2D eigenvalue weighted by Crippen LogP contribution is -2.36. The van der Waals surface area contributed by atoms with Crippen LogP contribution in [0.3, 0.4) is 0 Å². The molecule has 0 amide bonds. The lowest BCUT2D eigenvalue weighted by atomic mass is 9.98. The summed E-state index contributed by atoms with van der Waals surface area (Å²) in [6.07, 6.45) is 1.93. The van der Waals surface area contributed by atoms with Crippen LogP contribution in [0.5, 0.6) is 0 Å². The van der Waals surface area contributed by atoms with Crippen LogP contribution in [0.25, 0.3) is 0 Å². The molecule has 0 spiro atoms. The van der Waals surface area contributed by atoms with Gasteiger partial charge in [0.25, 0.3) is 0 Å². The summed E-state index contributed by atoms with van der Waals surface area (Å²) < 4.78 is 38.9. The van der Waals surface area contributed by atoms with Crippen molar-refractivity contribution in [3.05, 3.63) is 35.1 Å². The van der Waals surface area contributed by atoms with Gasteiger partial charge in [-0.15, -0.1) is 0 Å². The maximum Gasteiger partial charge on any atom is 0.194 e. The largest absolute Gasteiger partial charge is 0.396 e. The van der Waals surface area contributed by atoms with Gasteiger partial charge in [-0.1, -0.05) is 0 Å². The summed E-state index contributed by atoms with van der Waals surface area (Å²) in [6, 6.07) is 2.06. The molecule has 2 rings (SSSR count). The first-order valence-electron chi connectivity index (χ1n) is 6.06. The summed E-state index contributed by atoms with van der Waals surface area (Å²) in [4.78, 5) is 2.02. The van der Waals surface area contributed by atoms with E-state index in [4.69, 9.17) is 5.11 Å². The van der Waals surface area contributed by atoms with E-state index >= 15 is 0 Å². The summed E-state index contributed by atoms with van der Waals surface area (Å²) in [7, 11) is 0. The van der Waals surface area contributed by atoms with Crippen LogP contribution in [0.15, 0.2) is 12.1 Å². The standard InChI is InChI=1S/C13H16F3NO/c14-11-4-10(5-12(15)13(11)16)7-17-3-1-2-9(6-17)8-18/h4-5,9,18H,1-3,6-8H2. The van der Waals surface area contributed by atoms with E-state index in [-0.39, 0.29) is 12.5 Å². The summed E-state index contributed by atoms with van der Waals surface area (Å²) in [5.74, 6) is -3.51. The number of nitrogens with zero attached hydrogens (tertiary/aromatic N) is 1.